The van der Waals surface area contributed by atoms with Crippen molar-refractivity contribution >= 4 is 5.97 Å². The molecule has 2 aromatic rings. The highest BCUT2D eigenvalue weighted by atomic mass is 16.5. The lowest BCUT2D eigenvalue weighted by Gasteiger charge is -2.11. The van der Waals surface area contributed by atoms with Gasteiger partial charge in [0.05, 0.1) is 7.11 Å². The van der Waals surface area contributed by atoms with Crippen LogP contribution in [0.5, 0.6) is 11.5 Å². The van der Waals surface area contributed by atoms with E-state index in [2.05, 4.69) is 4.74 Å². The molecular formula is C16H16O4. The Bertz CT molecular complexity index is 582. The maximum Gasteiger partial charge on any atom is 0.341 e. The highest BCUT2D eigenvalue weighted by Gasteiger charge is 2.16. The molecule has 2 aromatic carbocycles. The van der Waals surface area contributed by atoms with Gasteiger partial charge in [0.2, 0.25) is 0 Å². The molecule has 0 aliphatic rings. The summed E-state index contributed by atoms with van der Waals surface area (Å²) in [5.74, 6) is -0.189. The third-order valence-corrected chi connectivity index (χ3v) is 2.93. The van der Waals surface area contributed by atoms with Crippen molar-refractivity contribution in [3.05, 3.63) is 59.2 Å². The normalized spacial score (nSPS) is 10.1. The molecule has 0 saturated heterocycles. The SMILES string of the molecule is COC(=O)c1c(C)cc(OCc2ccccc2)cc1O. The fourth-order valence-electron chi connectivity index (χ4n) is 1.93. The number of methoxy groups -OCH3 is 1. The van der Waals surface area contributed by atoms with Crippen molar-refractivity contribution in [3.8, 4) is 11.5 Å². The quantitative estimate of drug-likeness (QED) is 0.869. The molecule has 4 heteroatoms. The highest BCUT2D eigenvalue weighted by Crippen LogP contribution is 2.28. The zero-order valence-electron chi connectivity index (χ0n) is 11.4. The lowest BCUT2D eigenvalue weighted by Crippen LogP contribution is -2.05. The summed E-state index contributed by atoms with van der Waals surface area (Å²) < 4.78 is 10.2. The number of phenols is 1. The van der Waals surface area contributed by atoms with Crippen molar-refractivity contribution in [2.24, 2.45) is 0 Å². The van der Waals surface area contributed by atoms with Crippen molar-refractivity contribution in [1.82, 2.24) is 0 Å². The highest BCUT2D eigenvalue weighted by molar-refractivity contribution is 5.94. The van der Waals surface area contributed by atoms with E-state index in [1.54, 1.807) is 13.0 Å². The summed E-state index contributed by atoms with van der Waals surface area (Å²) in [6, 6.07) is 12.8. The van der Waals surface area contributed by atoms with E-state index >= 15 is 0 Å². The van der Waals surface area contributed by atoms with Gasteiger partial charge >= 0.3 is 5.97 Å². The average Bonchev–Trinajstić information content (AvgIpc) is 2.45. The van der Waals surface area contributed by atoms with Crippen LogP contribution in [0.25, 0.3) is 0 Å². The molecule has 0 spiro atoms. The van der Waals surface area contributed by atoms with Crippen LogP contribution in [0.3, 0.4) is 0 Å². The Kier molecular flexibility index (Phi) is 4.25. The molecule has 0 aliphatic carbocycles. The first-order chi connectivity index (χ1) is 9.61. The minimum absolute atomic E-state index is 0.139. The van der Waals surface area contributed by atoms with Gasteiger partial charge in [0, 0.05) is 6.07 Å². The van der Waals surface area contributed by atoms with Crippen molar-refractivity contribution in [1.29, 1.82) is 0 Å². The minimum atomic E-state index is -0.561. The first-order valence-electron chi connectivity index (χ1n) is 6.20. The van der Waals surface area contributed by atoms with E-state index in [0.717, 1.165) is 5.56 Å². The number of hydrogen-bond acceptors (Lipinski definition) is 4. The molecule has 4 nitrogen and oxygen atoms in total. The summed E-state index contributed by atoms with van der Waals surface area (Å²) in [5, 5.41) is 9.89. The topological polar surface area (TPSA) is 55.8 Å². The zero-order chi connectivity index (χ0) is 14.5. The molecule has 0 amide bonds. The number of carbonyl (C=O) groups excluding carboxylic acids is 1. The number of ether oxygens (including phenoxy) is 2. The first kappa shape index (κ1) is 13.9. The molecule has 0 bridgehead atoms. The van der Waals surface area contributed by atoms with Crippen molar-refractivity contribution in [2.75, 3.05) is 7.11 Å². The summed E-state index contributed by atoms with van der Waals surface area (Å²) in [5.41, 5.74) is 1.81. The predicted molar refractivity (Wildman–Crippen MR) is 75.0 cm³/mol. The van der Waals surface area contributed by atoms with Crippen molar-refractivity contribution < 1.29 is 19.4 Å². The Balaban J connectivity index is 2.16. The van der Waals surface area contributed by atoms with Gasteiger partial charge in [-0.1, -0.05) is 30.3 Å². The predicted octanol–water partition coefficient (Wildman–Crippen LogP) is 3.07. The van der Waals surface area contributed by atoms with Gasteiger partial charge in [-0.05, 0) is 24.1 Å². The molecule has 0 saturated carbocycles. The maximum absolute atomic E-state index is 11.5. The molecule has 20 heavy (non-hydrogen) atoms. The standard InChI is InChI=1S/C16H16O4/c1-11-8-13(9-14(17)15(11)16(18)19-2)20-10-12-6-4-3-5-7-12/h3-9,17H,10H2,1-2H3. The van der Waals surface area contributed by atoms with Crippen LogP contribution in [-0.2, 0) is 11.3 Å². The summed E-state index contributed by atoms with van der Waals surface area (Å²) in [6.45, 7) is 2.12. The number of aromatic hydroxyl groups is 1. The Morgan fingerprint density at radius 3 is 2.50 bits per heavy atom. The minimum Gasteiger partial charge on any atom is -0.507 e. The molecule has 0 fully saturated rings. The van der Waals surface area contributed by atoms with Crippen LogP contribution in [-0.4, -0.2) is 18.2 Å². The van der Waals surface area contributed by atoms with Gasteiger partial charge in [-0.15, -0.1) is 0 Å². The smallest absolute Gasteiger partial charge is 0.341 e. The Labute approximate surface area is 117 Å². The zero-order valence-corrected chi connectivity index (χ0v) is 11.4. The molecule has 0 heterocycles. The van der Waals surface area contributed by atoms with Crippen LogP contribution >= 0.6 is 0 Å². The van der Waals surface area contributed by atoms with Gasteiger partial charge in [-0.2, -0.15) is 0 Å². The number of phenolic OH excluding ortho intramolecular Hbond substituents is 1. The second-order valence-corrected chi connectivity index (χ2v) is 4.40. The number of hydrogen-bond donors (Lipinski definition) is 1. The van der Waals surface area contributed by atoms with Crippen molar-refractivity contribution in [3.63, 3.8) is 0 Å². The van der Waals surface area contributed by atoms with Gasteiger partial charge in [0.15, 0.2) is 0 Å². The van der Waals surface area contributed by atoms with Crippen LogP contribution in [0.1, 0.15) is 21.5 Å². The Morgan fingerprint density at radius 2 is 1.90 bits per heavy atom. The van der Waals surface area contributed by atoms with E-state index in [1.807, 2.05) is 30.3 Å². The number of esters is 1. The molecule has 0 radical (unpaired) electrons. The van der Waals surface area contributed by atoms with E-state index in [4.69, 9.17) is 4.74 Å². The van der Waals surface area contributed by atoms with Crippen LogP contribution in [0.4, 0.5) is 0 Å². The molecule has 0 aromatic heterocycles. The summed E-state index contributed by atoms with van der Waals surface area (Å²) in [6.07, 6.45) is 0. The second-order valence-electron chi connectivity index (χ2n) is 4.40. The maximum atomic E-state index is 11.5. The van der Waals surface area contributed by atoms with Gasteiger partial charge in [0.25, 0.3) is 0 Å². The molecule has 0 atom stereocenters. The Morgan fingerprint density at radius 1 is 1.20 bits per heavy atom. The van der Waals surface area contributed by atoms with E-state index in [-0.39, 0.29) is 11.3 Å². The molecular weight excluding hydrogens is 256 g/mol. The van der Waals surface area contributed by atoms with Crippen molar-refractivity contribution in [2.45, 2.75) is 13.5 Å². The number of benzene rings is 2. The number of rotatable bonds is 4. The fourth-order valence-corrected chi connectivity index (χ4v) is 1.93. The molecule has 104 valence electrons. The molecule has 1 N–H and O–H groups in total. The van der Waals surface area contributed by atoms with Gasteiger partial charge in [0.1, 0.15) is 23.7 Å². The second kappa shape index (κ2) is 6.10. The first-order valence-corrected chi connectivity index (χ1v) is 6.20. The van der Waals surface area contributed by atoms with E-state index in [9.17, 15) is 9.90 Å². The van der Waals surface area contributed by atoms with Gasteiger partial charge in [-0.3, -0.25) is 0 Å². The third kappa shape index (κ3) is 3.09. The fraction of sp³-hybridized carbons (Fsp3) is 0.188. The van der Waals surface area contributed by atoms with Crippen LogP contribution < -0.4 is 4.74 Å². The van der Waals surface area contributed by atoms with Crippen LogP contribution in [0.2, 0.25) is 0 Å². The summed E-state index contributed by atoms with van der Waals surface area (Å²) >= 11 is 0. The summed E-state index contributed by atoms with van der Waals surface area (Å²) in [4.78, 5) is 11.5. The van der Waals surface area contributed by atoms with Crippen LogP contribution in [0.15, 0.2) is 42.5 Å². The molecule has 0 aliphatic heterocycles. The number of carbonyl (C=O) groups is 1. The average molecular weight is 272 g/mol. The van der Waals surface area contributed by atoms with E-state index in [1.165, 1.54) is 13.2 Å². The Hall–Kier alpha value is -2.49. The van der Waals surface area contributed by atoms with E-state index in [0.29, 0.717) is 17.9 Å². The van der Waals surface area contributed by atoms with Gasteiger partial charge in [-0.25, -0.2) is 4.79 Å². The monoisotopic (exact) mass is 272 g/mol. The van der Waals surface area contributed by atoms with Gasteiger partial charge < -0.3 is 14.6 Å². The third-order valence-electron chi connectivity index (χ3n) is 2.93. The van der Waals surface area contributed by atoms with E-state index < -0.39 is 5.97 Å². The van der Waals surface area contributed by atoms with Crippen LogP contribution in [0, 0.1) is 6.92 Å². The lowest BCUT2D eigenvalue weighted by atomic mass is 10.1. The largest absolute Gasteiger partial charge is 0.507 e. The number of aryl methyl sites for hydroxylation is 1. The summed E-state index contributed by atoms with van der Waals surface area (Å²) in [7, 11) is 1.28. The molecule has 0 unspecified atom stereocenters. The molecule has 2 rings (SSSR count). The lowest BCUT2D eigenvalue weighted by molar-refractivity contribution is 0.0596.